The highest BCUT2D eigenvalue weighted by Gasteiger charge is 2.12. The zero-order valence-corrected chi connectivity index (χ0v) is 14.7. The lowest BCUT2D eigenvalue weighted by molar-refractivity contribution is 0.0946. The minimum Gasteiger partial charge on any atom is -0.351 e. The van der Waals surface area contributed by atoms with Crippen LogP contribution in [0.25, 0.3) is 16.6 Å². The molecule has 1 N–H and O–H groups in total. The van der Waals surface area contributed by atoms with Crippen molar-refractivity contribution < 1.29 is 9.18 Å². The van der Waals surface area contributed by atoms with E-state index in [2.05, 4.69) is 39.3 Å². The molecule has 2 aromatic carbocycles. The van der Waals surface area contributed by atoms with Crippen molar-refractivity contribution in [3.63, 3.8) is 0 Å². The van der Waals surface area contributed by atoms with Gasteiger partial charge in [0.25, 0.3) is 5.91 Å². The Morgan fingerprint density at radius 1 is 1.07 bits per heavy atom. The van der Waals surface area contributed by atoms with Gasteiger partial charge in [-0.2, -0.15) is 0 Å². The van der Waals surface area contributed by atoms with Crippen LogP contribution in [-0.2, 0) is 6.54 Å². The third-order valence-corrected chi connectivity index (χ3v) is 4.52. The summed E-state index contributed by atoms with van der Waals surface area (Å²) in [5.41, 5.74) is 2.31. The molecule has 4 aromatic rings. The molecule has 0 spiro atoms. The van der Waals surface area contributed by atoms with Crippen molar-refractivity contribution in [1.29, 1.82) is 0 Å². The zero-order valence-electron chi connectivity index (χ0n) is 14.7. The largest absolute Gasteiger partial charge is 0.351 e. The summed E-state index contributed by atoms with van der Waals surface area (Å²) in [7, 11) is 0. The van der Waals surface area contributed by atoms with E-state index in [-0.39, 0.29) is 11.7 Å². The van der Waals surface area contributed by atoms with Gasteiger partial charge in [0.05, 0.1) is 12.5 Å². The molecule has 4 rings (SSSR count). The third kappa shape index (κ3) is 3.60. The van der Waals surface area contributed by atoms with Crippen LogP contribution in [0.1, 0.15) is 16.9 Å². The van der Waals surface area contributed by atoms with Crippen molar-refractivity contribution in [2.75, 3.05) is 6.54 Å². The first-order valence-corrected chi connectivity index (χ1v) is 8.83. The number of halogens is 1. The molecule has 0 atom stereocenters. The highest BCUT2D eigenvalue weighted by molar-refractivity contribution is 5.93. The van der Waals surface area contributed by atoms with E-state index >= 15 is 0 Å². The number of fused-ring (bicyclic) bond motifs is 1. The Labute approximate surface area is 156 Å². The number of aromatic nitrogens is 3. The Balaban J connectivity index is 1.36. The van der Waals surface area contributed by atoms with E-state index in [0.717, 1.165) is 13.0 Å². The topological polar surface area (TPSA) is 51.9 Å². The van der Waals surface area contributed by atoms with Crippen molar-refractivity contribution >= 4 is 16.8 Å². The molecule has 0 bridgehead atoms. The number of nitrogens with one attached hydrogen (secondary N) is 1. The van der Waals surface area contributed by atoms with Gasteiger partial charge >= 0.3 is 0 Å². The van der Waals surface area contributed by atoms with Crippen molar-refractivity contribution in [3.05, 3.63) is 84.8 Å². The van der Waals surface area contributed by atoms with E-state index in [1.807, 2.05) is 12.1 Å². The Kier molecular flexibility index (Phi) is 4.70. The molecule has 0 aliphatic rings. The van der Waals surface area contributed by atoms with Crippen LogP contribution in [0.3, 0.4) is 0 Å². The van der Waals surface area contributed by atoms with Gasteiger partial charge in [-0.1, -0.05) is 18.2 Å². The van der Waals surface area contributed by atoms with E-state index in [9.17, 15) is 9.18 Å². The average Bonchev–Trinajstić information content (AvgIpc) is 3.33. The lowest BCUT2D eigenvalue weighted by Gasteiger charge is -2.10. The van der Waals surface area contributed by atoms with Gasteiger partial charge in [0.2, 0.25) is 0 Å². The molecule has 5 nitrogen and oxygen atoms in total. The normalized spacial score (nSPS) is 11.0. The highest BCUT2D eigenvalue weighted by atomic mass is 19.1. The van der Waals surface area contributed by atoms with E-state index in [0.29, 0.717) is 17.9 Å². The predicted octanol–water partition coefficient (Wildman–Crippen LogP) is 3.79. The van der Waals surface area contributed by atoms with E-state index < -0.39 is 0 Å². The van der Waals surface area contributed by atoms with E-state index in [4.69, 9.17) is 0 Å². The van der Waals surface area contributed by atoms with Gasteiger partial charge in [0.15, 0.2) is 0 Å². The van der Waals surface area contributed by atoms with Crippen molar-refractivity contribution in [3.8, 4) is 5.69 Å². The minimum atomic E-state index is -0.317. The molecule has 0 aliphatic heterocycles. The zero-order chi connectivity index (χ0) is 18.6. The van der Waals surface area contributed by atoms with Crippen LogP contribution in [0.15, 0.2) is 73.3 Å². The number of carbonyl (C=O) groups is 1. The molecule has 0 fully saturated rings. The van der Waals surface area contributed by atoms with E-state index in [1.54, 1.807) is 23.0 Å². The second kappa shape index (κ2) is 7.45. The number of imidazole rings is 1. The SMILES string of the molecule is O=C(NCCCn1ccc2ccccc21)c1cncn1-c1ccc(F)cc1. The molecule has 0 saturated carbocycles. The number of hydrogen-bond acceptors (Lipinski definition) is 2. The standard InChI is InChI=1S/C21H19FN4O/c22-17-6-8-18(9-7-17)26-15-23-14-20(26)21(27)24-11-3-12-25-13-10-16-4-1-2-5-19(16)25/h1-2,4-10,13-15H,3,11-12H2,(H,24,27). The Bertz CT molecular complexity index is 1070. The van der Waals surface area contributed by atoms with Crippen LogP contribution in [0.4, 0.5) is 4.39 Å². The summed E-state index contributed by atoms with van der Waals surface area (Å²) >= 11 is 0. The molecule has 2 aromatic heterocycles. The summed E-state index contributed by atoms with van der Waals surface area (Å²) in [6.45, 7) is 1.38. The molecule has 0 unspecified atom stereocenters. The summed E-state index contributed by atoms with van der Waals surface area (Å²) in [5, 5.41) is 4.14. The summed E-state index contributed by atoms with van der Waals surface area (Å²) in [6, 6.07) is 16.3. The monoisotopic (exact) mass is 362 g/mol. The first-order chi connectivity index (χ1) is 13.2. The second-order valence-corrected chi connectivity index (χ2v) is 6.30. The number of nitrogens with zero attached hydrogens (tertiary/aromatic N) is 3. The van der Waals surface area contributed by atoms with E-state index in [1.165, 1.54) is 29.2 Å². The third-order valence-electron chi connectivity index (χ3n) is 4.52. The summed E-state index contributed by atoms with van der Waals surface area (Å²) < 4.78 is 16.9. The number of para-hydroxylation sites is 1. The van der Waals surface area contributed by atoms with Crippen molar-refractivity contribution in [2.24, 2.45) is 0 Å². The molecular weight excluding hydrogens is 343 g/mol. The molecule has 0 aliphatic carbocycles. The maximum absolute atomic E-state index is 13.1. The number of carbonyl (C=O) groups excluding carboxylic acids is 1. The van der Waals surface area contributed by atoms with Crippen LogP contribution in [-0.4, -0.2) is 26.6 Å². The minimum absolute atomic E-state index is 0.200. The van der Waals surface area contributed by atoms with Gasteiger partial charge < -0.3 is 9.88 Å². The van der Waals surface area contributed by atoms with Gasteiger partial charge in [0.1, 0.15) is 11.5 Å². The fraction of sp³-hybridized carbons (Fsp3) is 0.143. The average molecular weight is 362 g/mol. The molecule has 2 heterocycles. The predicted molar refractivity (Wildman–Crippen MR) is 102 cm³/mol. The first kappa shape index (κ1) is 17.0. The fourth-order valence-electron chi connectivity index (χ4n) is 3.15. The molecule has 136 valence electrons. The van der Waals surface area contributed by atoms with Crippen molar-refractivity contribution in [2.45, 2.75) is 13.0 Å². The molecule has 27 heavy (non-hydrogen) atoms. The summed E-state index contributed by atoms with van der Waals surface area (Å²) in [4.78, 5) is 16.5. The lowest BCUT2D eigenvalue weighted by Crippen LogP contribution is -2.27. The van der Waals surface area contributed by atoms with Crippen LogP contribution >= 0.6 is 0 Å². The second-order valence-electron chi connectivity index (χ2n) is 6.30. The maximum atomic E-state index is 13.1. The number of rotatable bonds is 6. The Morgan fingerprint density at radius 2 is 1.89 bits per heavy atom. The van der Waals surface area contributed by atoms with Crippen LogP contribution in [0.5, 0.6) is 0 Å². The number of benzene rings is 2. The number of aryl methyl sites for hydroxylation is 1. The van der Waals surface area contributed by atoms with Gasteiger partial charge in [-0.05, 0) is 48.2 Å². The summed E-state index contributed by atoms with van der Waals surface area (Å²) in [5.74, 6) is -0.517. The Hall–Kier alpha value is -3.41. The first-order valence-electron chi connectivity index (χ1n) is 8.83. The van der Waals surface area contributed by atoms with Gasteiger partial charge in [-0.15, -0.1) is 0 Å². The van der Waals surface area contributed by atoms with Gasteiger partial charge in [-0.3, -0.25) is 9.36 Å². The molecule has 0 radical (unpaired) electrons. The van der Waals surface area contributed by atoms with Crippen LogP contribution in [0, 0.1) is 5.82 Å². The van der Waals surface area contributed by atoms with Crippen molar-refractivity contribution in [1.82, 2.24) is 19.4 Å². The number of amides is 1. The quantitative estimate of drug-likeness (QED) is 0.531. The van der Waals surface area contributed by atoms with Crippen LogP contribution < -0.4 is 5.32 Å². The molecular formula is C21H19FN4O. The lowest BCUT2D eigenvalue weighted by atomic mass is 10.2. The number of hydrogen-bond donors (Lipinski definition) is 1. The fourth-order valence-corrected chi connectivity index (χ4v) is 3.15. The molecule has 0 saturated heterocycles. The Morgan fingerprint density at radius 3 is 2.74 bits per heavy atom. The molecule has 1 amide bonds. The van der Waals surface area contributed by atoms with Gasteiger partial charge in [0, 0.05) is 30.5 Å². The molecule has 6 heteroatoms. The van der Waals surface area contributed by atoms with Crippen LogP contribution in [0.2, 0.25) is 0 Å². The smallest absolute Gasteiger partial charge is 0.269 e. The maximum Gasteiger partial charge on any atom is 0.269 e. The highest BCUT2D eigenvalue weighted by Crippen LogP contribution is 2.15. The van der Waals surface area contributed by atoms with Gasteiger partial charge in [-0.25, -0.2) is 9.37 Å². The summed E-state index contributed by atoms with van der Waals surface area (Å²) in [6.07, 6.45) is 5.94.